The highest BCUT2D eigenvalue weighted by Gasteiger charge is 2.25. The molecule has 2 aromatic carbocycles. The Balaban J connectivity index is 1.95. The zero-order chi connectivity index (χ0) is 15.1. The van der Waals surface area contributed by atoms with E-state index in [9.17, 15) is 8.78 Å². The molecule has 2 aliphatic rings. The van der Waals surface area contributed by atoms with Crippen LogP contribution in [0, 0.1) is 5.82 Å². The summed E-state index contributed by atoms with van der Waals surface area (Å²) < 4.78 is 28.2. The summed E-state index contributed by atoms with van der Waals surface area (Å²) in [6.07, 6.45) is 7.29. The molecule has 0 saturated carbocycles. The van der Waals surface area contributed by atoms with Crippen molar-refractivity contribution in [2.75, 3.05) is 0 Å². The zero-order valence-electron chi connectivity index (χ0n) is 12.2. The Morgan fingerprint density at radius 3 is 2.68 bits per heavy atom. The second kappa shape index (κ2) is 5.20. The Bertz CT molecular complexity index is 840. The first kappa shape index (κ1) is 13.4. The molecule has 0 amide bonds. The molecule has 0 N–H and O–H groups in total. The number of alkyl halides is 1. The van der Waals surface area contributed by atoms with Crippen LogP contribution >= 0.6 is 0 Å². The standard InChI is InChI=1S/C20H16F2/c21-19-11-9-15(13-5-1-3-7-17(13)19)16-10-12-20(22)18-8-4-2-6-14(16)18/h1-3,5-7,9-11,20H,4,8,12H2. The topological polar surface area (TPSA) is 0 Å². The highest BCUT2D eigenvalue weighted by Crippen LogP contribution is 2.41. The summed E-state index contributed by atoms with van der Waals surface area (Å²) in [5, 5.41) is 1.50. The summed E-state index contributed by atoms with van der Waals surface area (Å²) in [5.41, 5.74) is 3.91. The van der Waals surface area contributed by atoms with E-state index in [4.69, 9.17) is 0 Å². The van der Waals surface area contributed by atoms with Gasteiger partial charge in [-0.1, -0.05) is 48.6 Å². The lowest BCUT2D eigenvalue weighted by Gasteiger charge is -2.26. The van der Waals surface area contributed by atoms with E-state index in [0.717, 1.165) is 40.5 Å². The van der Waals surface area contributed by atoms with E-state index in [1.807, 2.05) is 36.4 Å². The number of halogens is 2. The fraction of sp³-hybridized carbons (Fsp3) is 0.200. The zero-order valence-corrected chi connectivity index (χ0v) is 12.2. The predicted octanol–water partition coefficient (Wildman–Crippen LogP) is 5.75. The van der Waals surface area contributed by atoms with Crippen molar-refractivity contribution >= 4 is 16.3 Å². The molecule has 0 bridgehead atoms. The number of hydrogen-bond donors (Lipinski definition) is 0. The predicted molar refractivity (Wildman–Crippen MR) is 86.8 cm³/mol. The molecule has 0 saturated heterocycles. The van der Waals surface area contributed by atoms with Crippen molar-refractivity contribution in [1.29, 1.82) is 0 Å². The number of fused-ring (bicyclic) bond motifs is 1. The maximum absolute atomic E-state index is 14.2. The Kier molecular flexibility index (Phi) is 3.18. The monoisotopic (exact) mass is 294 g/mol. The van der Waals surface area contributed by atoms with Gasteiger partial charge in [-0.3, -0.25) is 0 Å². The van der Waals surface area contributed by atoms with Crippen molar-refractivity contribution in [3.05, 3.63) is 77.2 Å². The van der Waals surface area contributed by atoms with E-state index in [1.165, 1.54) is 6.07 Å². The molecule has 2 aliphatic carbocycles. The molecule has 0 nitrogen and oxygen atoms in total. The summed E-state index contributed by atoms with van der Waals surface area (Å²) in [6.45, 7) is 0. The first-order valence-electron chi connectivity index (χ1n) is 7.67. The Hall–Kier alpha value is -2.22. The van der Waals surface area contributed by atoms with Gasteiger partial charge in [0.25, 0.3) is 0 Å². The molecular weight excluding hydrogens is 278 g/mol. The van der Waals surface area contributed by atoms with Crippen LogP contribution in [0.4, 0.5) is 8.78 Å². The van der Waals surface area contributed by atoms with E-state index in [1.54, 1.807) is 6.07 Å². The third kappa shape index (κ3) is 2.02. The van der Waals surface area contributed by atoms with Gasteiger partial charge in [-0.25, -0.2) is 8.78 Å². The van der Waals surface area contributed by atoms with Crippen LogP contribution in [-0.4, -0.2) is 6.17 Å². The Morgan fingerprint density at radius 2 is 1.82 bits per heavy atom. The number of hydrogen-bond acceptors (Lipinski definition) is 0. The lowest BCUT2D eigenvalue weighted by Crippen LogP contribution is -2.14. The summed E-state index contributed by atoms with van der Waals surface area (Å²) in [5.74, 6) is -0.215. The van der Waals surface area contributed by atoms with E-state index in [-0.39, 0.29) is 5.82 Å². The van der Waals surface area contributed by atoms with E-state index >= 15 is 0 Å². The van der Waals surface area contributed by atoms with Crippen LogP contribution in [0.5, 0.6) is 0 Å². The van der Waals surface area contributed by atoms with Gasteiger partial charge >= 0.3 is 0 Å². The average Bonchev–Trinajstić information content (AvgIpc) is 2.57. The van der Waals surface area contributed by atoms with E-state index in [2.05, 4.69) is 6.08 Å². The number of allylic oxidation sites excluding steroid dienone is 6. The number of rotatable bonds is 1. The van der Waals surface area contributed by atoms with Crippen LogP contribution in [0.15, 0.2) is 65.8 Å². The van der Waals surface area contributed by atoms with Crippen molar-refractivity contribution in [2.24, 2.45) is 0 Å². The first-order chi connectivity index (χ1) is 10.8. The molecule has 2 aromatic rings. The molecule has 110 valence electrons. The van der Waals surface area contributed by atoms with Gasteiger partial charge < -0.3 is 0 Å². The average molecular weight is 294 g/mol. The van der Waals surface area contributed by atoms with Crippen LogP contribution in [0.1, 0.15) is 24.8 Å². The highest BCUT2D eigenvalue weighted by molar-refractivity contribution is 5.99. The van der Waals surface area contributed by atoms with Crippen molar-refractivity contribution < 1.29 is 8.78 Å². The maximum Gasteiger partial charge on any atom is 0.131 e. The molecule has 0 radical (unpaired) electrons. The third-order valence-electron chi connectivity index (χ3n) is 4.57. The lowest BCUT2D eigenvalue weighted by molar-refractivity contribution is 0.372. The van der Waals surface area contributed by atoms with Gasteiger partial charge in [0.15, 0.2) is 0 Å². The van der Waals surface area contributed by atoms with Crippen molar-refractivity contribution in [1.82, 2.24) is 0 Å². The van der Waals surface area contributed by atoms with Crippen LogP contribution in [0.25, 0.3) is 16.3 Å². The normalized spacial score (nSPS) is 21.0. The van der Waals surface area contributed by atoms with Crippen LogP contribution in [0.3, 0.4) is 0 Å². The maximum atomic E-state index is 14.2. The van der Waals surface area contributed by atoms with Gasteiger partial charge in [0, 0.05) is 11.8 Å². The fourth-order valence-electron chi connectivity index (χ4n) is 3.50. The van der Waals surface area contributed by atoms with E-state index in [0.29, 0.717) is 11.8 Å². The minimum Gasteiger partial charge on any atom is -0.242 e. The Labute approximate surface area is 128 Å². The second-order valence-electron chi connectivity index (χ2n) is 5.84. The molecule has 2 heteroatoms. The van der Waals surface area contributed by atoms with E-state index < -0.39 is 6.17 Å². The highest BCUT2D eigenvalue weighted by atomic mass is 19.1. The Morgan fingerprint density at radius 1 is 1.00 bits per heavy atom. The van der Waals surface area contributed by atoms with Gasteiger partial charge in [-0.05, 0) is 46.6 Å². The summed E-state index contributed by atoms with van der Waals surface area (Å²) in [6, 6.07) is 10.8. The molecule has 0 spiro atoms. The quantitative estimate of drug-likeness (QED) is 0.628. The largest absolute Gasteiger partial charge is 0.242 e. The lowest BCUT2D eigenvalue weighted by atomic mass is 9.80. The minimum absolute atomic E-state index is 0.215. The summed E-state index contributed by atoms with van der Waals surface area (Å²) in [4.78, 5) is 0. The molecule has 1 unspecified atom stereocenters. The van der Waals surface area contributed by atoms with Crippen LogP contribution in [0.2, 0.25) is 0 Å². The molecule has 0 aromatic heterocycles. The van der Waals surface area contributed by atoms with Crippen LogP contribution < -0.4 is 0 Å². The van der Waals surface area contributed by atoms with Gasteiger partial charge in [-0.15, -0.1) is 0 Å². The van der Waals surface area contributed by atoms with Gasteiger partial charge in [-0.2, -0.15) is 0 Å². The molecule has 0 fully saturated rings. The van der Waals surface area contributed by atoms with Gasteiger partial charge in [0.1, 0.15) is 12.0 Å². The first-order valence-corrected chi connectivity index (χ1v) is 7.67. The SMILES string of the molecule is Fc1ccc(C2=CCC(F)C3=C2C=CCC3)c2ccccc12. The molecule has 0 aliphatic heterocycles. The van der Waals surface area contributed by atoms with Gasteiger partial charge in [0.05, 0.1) is 0 Å². The molecular formula is C20H16F2. The van der Waals surface area contributed by atoms with Crippen molar-refractivity contribution in [2.45, 2.75) is 25.4 Å². The number of benzene rings is 2. The molecule has 22 heavy (non-hydrogen) atoms. The smallest absolute Gasteiger partial charge is 0.131 e. The summed E-state index contributed by atoms with van der Waals surface area (Å²) >= 11 is 0. The molecule has 4 rings (SSSR count). The second-order valence-corrected chi connectivity index (χ2v) is 5.84. The fourth-order valence-corrected chi connectivity index (χ4v) is 3.50. The summed E-state index contributed by atoms with van der Waals surface area (Å²) in [7, 11) is 0. The van der Waals surface area contributed by atoms with Crippen LogP contribution in [-0.2, 0) is 0 Å². The van der Waals surface area contributed by atoms with Crippen molar-refractivity contribution in [3.63, 3.8) is 0 Å². The van der Waals surface area contributed by atoms with Gasteiger partial charge in [0.2, 0.25) is 0 Å². The minimum atomic E-state index is -0.879. The molecule has 1 atom stereocenters. The third-order valence-corrected chi connectivity index (χ3v) is 4.57. The molecule has 0 heterocycles. The van der Waals surface area contributed by atoms with Crippen molar-refractivity contribution in [3.8, 4) is 0 Å².